The molecule has 0 aliphatic carbocycles. The SMILES string of the molecule is CCCOc1c2c(c(OCCC)c3ccccc13)C(=O)N(c1ccc(CC(=O)OC(=O)Cc3ccc(N4Cc5c(c(OC(C)C)c6ccccc6c5OC(C)C)C4=O)cc3F)c(F)c1)C2. The highest BCUT2D eigenvalue weighted by Crippen LogP contribution is 2.48. The number of anilines is 2. The fraction of sp³-hybridized carbons (Fsp3) is 0.308. The predicted molar refractivity (Wildman–Crippen MR) is 243 cm³/mol. The van der Waals surface area contributed by atoms with E-state index in [1.165, 1.54) is 34.1 Å². The Morgan fingerprint density at radius 3 is 1.43 bits per heavy atom. The molecule has 0 bridgehead atoms. The Labute approximate surface area is 375 Å². The van der Waals surface area contributed by atoms with Crippen LogP contribution in [0, 0.1) is 11.6 Å². The van der Waals surface area contributed by atoms with Gasteiger partial charge in [-0.3, -0.25) is 19.2 Å². The van der Waals surface area contributed by atoms with Crippen LogP contribution in [0.15, 0.2) is 84.9 Å². The number of benzene rings is 6. The maximum absolute atomic E-state index is 15.7. The molecule has 6 aromatic rings. The first-order valence-electron chi connectivity index (χ1n) is 22.0. The zero-order chi connectivity index (χ0) is 46.1. The molecule has 0 spiro atoms. The van der Waals surface area contributed by atoms with Crippen LogP contribution in [-0.2, 0) is 40.3 Å². The third-order valence-electron chi connectivity index (χ3n) is 11.2. The summed E-state index contributed by atoms with van der Waals surface area (Å²) in [6.07, 6.45) is -0.153. The Kier molecular flexibility index (Phi) is 12.8. The van der Waals surface area contributed by atoms with E-state index >= 15 is 8.78 Å². The molecule has 2 aliphatic rings. The van der Waals surface area contributed by atoms with E-state index in [0.29, 0.717) is 58.5 Å². The summed E-state index contributed by atoms with van der Waals surface area (Å²) in [5, 5.41) is 3.06. The molecule has 2 aliphatic heterocycles. The third kappa shape index (κ3) is 8.67. The lowest BCUT2D eigenvalue weighted by molar-refractivity contribution is -0.158. The fourth-order valence-electron chi connectivity index (χ4n) is 8.41. The van der Waals surface area contributed by atoms with Crippen LogP contribution in [-0.4, -0.2) is 49.2 Å². The molecule has 8 rings (SSSR count). The second kappa shape index (κ2) is 18.6. The summed E-state index contributed by atoms with van der Waals surface area (Å²) < 4.78 is 61.3. The Hall–Kier alpha value is -7.02. The lowest BCUT2D eigenvalue weighted by Crippen LogP contribution is -2.24. The van der Waals surface area contributed by atoms with Gasteiger partial charge in [-0.2, -0.15) is 0 Å². The molecule has 6 aromatic carbocycles. The normalized spacial score (nSPS) is 13.3. The van der Waals surface area contributed by atoms with Crippen molar-refractivity contribution in [3.05, 3.63) is 130 Å². The van der Waals surface area contributed by atoms with Crippen molar-refractivity contribution in [2.24, 2.45) is 0 Å². The molecule has 0 unspecified atom stereocenters. The number of rotatable bonds is 16. The van der Waals surface area contributed by atoms with Gasteiger partial charge < -0.3 is 33.5 Å². The summed E-state index contributed by atoms with van der Waals surface area (Å²) in [6.45, 7) is 12.5. The van der Waals surface area contributed by atoms with Gasteiger partial charge in [-0.1, -0.05) is 74.5 Å². The summed E-state index contributed by atoms with van der Waals surface area (Å²) in [6, 6.07) is 23.2. The number of esters is 2. The van der Waals surface area contributed by atoms with Gasteiger partial charge in [0.05, 0.1) is 62.5 Å². The number of hydrogen-bond acceptors (Lipinski definition) is 9. The molecule has 11 nitrogen and oxygen atoms in total. The molecule has 0 saturated carbocycles. The Bertz CT molecular complexity index is 2870. The van der Waals surface area contributed by atoms with E-state index < -0.39 is 42.3 Å². The molecular weight excluding hydrogens is 835 g/mol. The van der Waals surface area contributed by atoms with Crippen molar-refractivity contribution in [3.8, 4) is 23.0 Å². The largest absolute Gasteiger partial charge is 0.493 e. The molecule has 0 aromatic heterocycles. The minimum Gasteiger partial charge on any atom is -0.493 e. The van der Waals surface area contributed by atoms with Gasteiger partial charge in [0.2, 0.25) is 0 Å². The smallest absolute Gasteiger partial charge is 0.318 e. The van der Waals surface area contributed by atoms with Gasteiger partial charge in [-0.05, 0) is 75.9 Å². The molecule has 336 valence electrons. The zero-order valence-corrected chi connectivity index (χ0v) is 37.2. The maximum atomic E-state index is 15.7. The summed E-state index contributed by atoms with van der Waals surface area (Å²) in [7, 11) is 0. The molecular formula is C52H50F2N2O9. The van der Waals surface area contributed by atoms with E-state index in [0.717, 1.165) is 46.5 Å². The molecule has 0 radical (unpaired) electrons. The van der Waals surface area contributed by atoms with Crippen molar-refractivity contribution in [1.82, 2.24) is 0 Å². The van der Waals surface area contributed by atoms with Crippen LogP contribution >= 0.6 is 0 Å². The van der Waals surface area contributed by atoms with Crippen LogP contribution in [0.4, 0.5) is 20.2 Å². The Balaban J connectivity index is 0.952. The van der Waals surface area contributed by atoms with Crippen LogP contribution in [0.1, 0.15) is 97.4 Å². The van der Waals surface area contributed by atoms with Gasteiger partial charge in [0, 0.05) is 44.0 Å². The van der Waals surface area contributed by atoms with E-state index in [1.807, 2.05) is 90.1 Å². The van der Waals surface area contributed by atoms with Gasteiger partial charge in [0.1, 0.15) is 34.6 Å². The highest BCUT2D eigenvalue weighted by Gasteiger charge is 2.39. The average Bonchev–Trinajstić information content (AvgIpc) is 3.80. The maximum Gasteiger partial charge on any atom is 0.318 e. The first-order chi connectivity index (χ1) is 31.3. The molecule has 2 heterocycles. The lowest BCUT2D eigenvalue weighted by atomic mass is 9.99. The van der Waals surface area contributed by atoms with Crippen LogP contribution in [0.5, 0.6) is 23.0 Å². The van der Waals surface area contributed by atoms with E-state index in [1.54, 1.807) is 0 Å². The molecule has 0 N–H and O–H groups in total. The van der Waals surface area contributed by atoms with Crippen LogP contribution in [0.25, 0.3) is 21.5 Å². The first kappa shape index (κ1) is 44.6. The number of carbonyl (C=O) groups is 4. The number of ether oxygens (including phenoxy) is 5. The highest BCUT2D eigenvalue weighted by molar-refractivity contribution is 6.18. The van der Waals surface area contributed by atoms with Gasteiger partial charge >= 0.3 is 11.9 Å². The summed E-state index contributed by atoms with van der Waals surface area (Å²) in [5.74, 6) is -2.43. The Morgan fingerprint density at radius 1 is 0.569 bits per heavy atom. The minimum absolute atomic E-state index is 0.0657. The first-order valence-corrected chi connectivity index (χ1v) is 22.0. The predicted octanol–water partition coefficient (Wildman–Crippen LogP) is 10.6. The van der Waals surface area contributed by atoms with Gasteiger partial charge in [0.15, 0.2) is 0 Å². The number of amides is 2. The number of halogens is 2. The van der Waals surface area contributed by atoms with Crippen molar-refractivity contribution in [2.45, 2.75) is 92.5 Å². The van der Waals surface area contributed by atoms with Crippen molar-refractivity contribution in [1.29, 1.82) is 0 Å². The monoisotopic (exact) mass is 884 g/mol. The molecule has 13 heteroatoms. The van der Waals surface area contributed by atoms with Crippen molar-refractivity contribution < 1.29 is 51.6 Å². The number of fused-ring (bicyclic) bond motifs is 4. The highest BCUT2D eigenvalue weighted by atomic mass is 19.1. The Morgan fingerprint density at radius 2 is 0.969 bits per heavy atom. The molecule has 0 saturated heterocycles. The van der Waals surface area contributed by atoms with Gasteiger partial charge in [-0.25, -0.2) is 8.78 Å². The molecule has 65 heavy (non-hydrogen) atoms. The van der Waals surface area contributed by atoms with Crippen molar-refractivity contribution in [3.63, 3.8) is 0 Å². The lowest BCUT2D eigenvalue weighted by Gasteiger charge is -2.20. The zero-order valence-electron chi connectivity index (χ0n) is 37.2. The van der Waals surface area contributed by atoms with Crippen LogP contribution < -0.4 is 28.7 Å². The van der Waals surface area contributed by atoms with E-state index in [4.69, 9.17) is 23.7 Å². The van der Waals surface area contributed by atoms with E-state index in [2.05, 4.69) is 0 Å². The second-order valence-corrected chi connectivity index (χ2v) is 16.7. The van der Waals surface area contributed by atoms with Crippen molar-refractivity contribution >= 4 is 56.7 Å². The topological polar surface area (TPSA) is 121 Å². The number of hydrogen-bond donors (Lipinski definition) is 0. The minimum atomic E-state index is -1.05. The third-order valence-corrected chi connectivity index (χ3v) is 11.2. The van der Waals surface area contributed by atoms with E-state index in [9.17, 15) is 19.2 Å². The van der Waals surface area contributed by atoms with Crippen LogP contribution in [0.3, 0.4) is 0 Å². The summed E-state index contributed by atoms with van der Waals surface area (Å²) >= 11 is 0. The summed E-state index contributed by atoms with van der Waals surface area (Å²) in [4.78, 5) is 57.0. The standard InChI is InChI=1S/C52H50F2N2O9/c1-7-21-61-47-35-13-9-11-15-37(35)49(62-22-8-2)45-39(47)27-55(51(45)59)33-19-17-31(41(53)25-33)23-43(57)65-44(58)24-32-18-20-34(26-42(32)54)56-28-40-46(52(56)60)50(64-30(5)6)38-16-12-10-14-36(38)48(40)63-29(3)4/h9-20,25-26,29-30H,7-8,21-24,27-28H2,1-6H3. The fourth-order valence-corrected chi connectivity index (χ4v) is 8.41. The van der Waals surface area contributed by atoms with Gasteiger partial charge in [0.25, 0.3) is 11.8 Å². The van der Waals surface area contributed by atoms with Crippen LogP contribution in [0.2, 0.25) is 0 Å². The summed E-state index contributed by atoms with van der Waals surface area (Å²) in [5.41, 5.74) is 2.33. The second-order valence-electron chi connectivity index (χ2n) is 16.7. The molecule has 2 amide bonds. The average molecular weight is 885 g/mol. The van der Waals surface area contributed by atoms with Gasteiger partial charge in [-0.15, -0.1) is 0 Å². The quantitative estimate of drug-likeness (QED) is 0.0691. The molecule has 0 fully saturated rings. The van der Waals surface area contributed by atoms with Crippen molar-refractivity contribution in [2.75, 3.05) is 23.0 Å². The molecule has 0 atom stereocenters. The van der Waals surface area contributed by atoms with E-state index in [-0.39, 0.29) is 53.7 Å². The number of nitrogens with zero attached hydrogens (tertiary/aromatic N) is 2. The number of carbonyl (C=O) groups excluding carboxylic acids is 4.